The number of halogens is 1. The van der Waals surface area contributed by atoms with Crippen LogP contribution < -0.4 is 0 Å². The maximum atomic E-state index is 5.73. The number of hydrogen-bond donors (Lipinski definition) is 0. The Kier molecular flexibility index (Phi) is 6.63. The van der Waals surface area contributed by atoms with Crippen molar-refractivity contribution in [3.8, 4) is 12.3 Å². The normalized spacial score (nSPS) is 20.3. The third-order valence-electron chi connectivity index (χ3n) is 2.82. The molecule has 0 aliphatic heterocycles. The second-order valence-electron chi connectivity index (χ2n) is 3.90. The lowest BCUT2D eigenvalue weighted by Gasteiger charge is -2.26. The average molecular weight is 306 g/mol. The van der Waals surface area contributed by atoms with Crippen LogP contribution in [0.15, 0.2) is 0 Å². The standard InChI is InChI=1S/C12H19IO/c1-2-12(14-10-6-9-13)11-7-4-3-5-8-11/h1,11-12H,3-10H2. The minimum atomic E-state index is 0.0817. The molecule has 2 heteroatoms. The summed E-state index contributed by atoms with van der Waals surface area (Å²) >= 11 is 2.37. The van der Waals surface area contributed by atoms with Crippen LogP contribution in [0.5, 0.6) is 0 Å². The van der Waals surface area contributed by atoms with Crippen LogP contribution in [0, 0.1) is 18.3 Å². The van der Waals surface area contributed by atoms with Gasteiger partial charge in [0.2, 0.25) is 0 Å². The summed E-state index contributed by atoms with van der Waals surface area (Å²) < 4.78 is 6.88. The quantitative estimate of drug-likeness (QED) is 0.327. The van der Waals surface area contributed by atoms with Gasteiger partial charge in [-0.05, 0) is 25.2 Å². The summed E-state index contributed by atoms with van der Waals surface area (Å²) in [5.41, 5.74) is 0. The first-order valence-corrected chi connectivity index (χ1v) is 7.04. The summed E-state index contributed by atoms with van der Waals surface area (Å²) in [5, 5.41) is 0. The van der Waals surface area contributed by atoms with Gasteiger partial charge < -0.3 is 4.74 Å². The molecule has 80 valence electrons. The van der Waals surface area contributed by atoms with Crippen LogP contribution in [0.1, 0.15) is 38.5 Å². The first kappa shape index (κ1) is 12.3. The zero-order valence-corrected chi connectivity index (χ0v) is 10.8. The van der Waals surface area contributed by atoms with Crippen molar-refractivity contribution in [2.24, 2.45) is 5.92 Å². The molecule has 1 rings (SSSR count). The van der Waals surface area contributed by atoms with Crippen LogP contribution >= 0.6 is 22.6 Å². The fraction of sp³-hybridized carbons (Fsp3) is 0.833. The highest BCUT2D eigenvalue weighted by Crippen LogP contribution is 2.27. The molecule has 1 atom stereocenters. The molecule has 0 spiro atoms. The monoisotopic (exact) mass is 306 g/mol. The Morgan fingerprint density at radius 1 is 1.36 bits per heavy atom. The van der Waals surface area contributed by atoms with Crippen LogP contribution in [0.25, 0.3) is 0 Å². The molecule has 1 fully saturated rings. The van der Waals surface area contributed by atoms with E-state index >= 15 is 0 Å². The van der Waals surface area contributed by atoms with Crippen LogP contribution in [0.3, 0.4) is 0 Å². The fourth-order valence-electron chi connectivity index (χ4n) is 2.02. The van der Waals surface area contributed by atoms with Gasteiger partial charge in [0.1, 0.15) is 6.10 Å². The fourth-order valence-corrected chi connectivity index (χ4v) is 2.33. The molecule has 0 heterocycles. The van der Waals surface area contributed by atoms with Gasteiger partial charge in [-0.1, -0.05) is 47.8 Å². The zero-order chi connectivity index (χ0) is 10.2. The summed E-state index contributed by atoms with van der Waals surface area (Å²) in [5.74, 6) is 3.43. The number of terminal acetylenes is 1. The second kappa shape index (κ2) is 7.53. The molecule has 1 nitrogen and oxygen atoms in total. The van der Waals surface area contributed by atoms with Crippen molar-refractivity contribution >= 4 is 22.6 Å². The van der Waals surface area contributed by atoms with Crippen LogP contribution in [0.2, 0.25) is 0 Å². The van der Waals surface area contributed by atoms with Crippen molar-refractivity contribution in [1.82, 2.24) is 0 Å². The van der Waals surface area contributed by atoms with Gasteiger partial charge in [-0.25, -0.2) is 0 Å². The van der Waals surface area contributed by atoms with Crippen LogP contribution in [-0.4, -0.2) is 17.1 Å². The second-order valence-corrected chi connectivity index (χ2v) is 4.98. The average Bonchev–Trinajstić information content (AvgIpc) is 2.26. The zero-order valence-electron chi connectivity index (χ0n) is 8.68. The Morgan fingerprint density at radius 2 is 2.07 bits per heavy atom. The van der Waals surface area contributed by atoms with Crippen molar-refractivity contribution in [2.45, 2.75) is 44.6 Å². The molecule has 0 aromatic carbocycles. The molecule has 1 aliphatic rings. The van der Waals surface area contributed by atoms with Crippen molar-refractivity contribution in [2.75, 3.05) is 11.0 Å². The molecule has 14 heavy (non-hydrogen) atoms. The Hall–Kier alpha value is 0.250. The molecule has 0 radical (unpaired) electrons. The van der Waals surface area contributed by atoms with Gasteiger partial charge in [0, 0.05) is 11.0 Å². The lowest BCUT2D eigenvalue weighted by atomic mass is 9.85. The van der Waals surface area contributed by atoms with E-state index in [1.807, 2.05) is 0 Å². The van der Waals surface area contributed by atoms with Crippen LogP contribution in [-0.2, 0) is 4.74 Å². The molecule has 0 N–H and O–H groups in total. The molecular formula is C12H19IO. The lowest BCUT2D eigenvalue weighted by Crippen LogP contribution is -2.25. The molecule has 0 bridgehead atoms. The van der Waals surface area contributed by atoms with Gasteiger partial charge >= 0.3 is 0 Å². The summed E-state index contributed by atoms with van der Waals surface area (Å²) in [6.45, 7) is 0.828. The van der Waals surface area contributed by atoms with E-state index < -0.39 is 0 Å². The van der Waals surface area contributed by atoms with E-state index in [-0.39, 0.29) is 6.10 Å². The first-order chi connectivity index (χ1) is 6.88. The highest BCUT2D eigenvalue weighted by atomic mass is 127. The molecule has 0 amide bonds. The van der Waals surface area contributed by atoms with Gasteiger partial charge in [-0.15, -0.1) is 6.42 Å². The largest absolute Gasteiger partial charge is 0.365 e. The Balaban J connectivity index is 2.25. The van der Waals surface area contributed by atoms with Crippen molar-refractivity contribution in [3.05, 3.63) is 0 Å². The van der Waals surface area contributed by atoms with Gasteiger partial charge in [-0.3, -0.25) is 0 Å². The Morgan fingerprint density at radius 3 is 2.64 bits per heavy atom. The predicted molar refractivity (Wildman–Crippen MR) is 68.7 cm³/mol. The molecule has 1 unspecified atom stereocenters. The smallest absolute Gasteiger partial charge is 0.120 e. The van der Waals surface area contributed by atoms with E-state index in [9.17, 15) is 0 Å². The molecule has 0 aromatic rings. The van der Waals surface area contributed by atoms with Gasteiger partial charge in [-0.2, -0.15) is 0 Å². The van der Waals surface area contributed by atoms with Crippen LogP contribution in [0.4, 0.5) is 0 Å². The van der Waals surface area contributed by atoms with E-state index in [4.69, 9.17) is 11.2 Å². The van der Waals surface area contributed by atoms with E-state index in [1.54, 1.807) is 0 Å². The molecular weight excluding hydrogens is 287 g/mol. The lowest BCUT2D eigenvalue weighted by molar-refractivity contribution is 0.0393. The summed E-state index contributed by atoms with van der Waals surface area (Å²) in [6.07, 6.45) is 13.3. The summed E-state index contributed by atoms with van der Waals surface area (Å²) in [7, 11) is 0. The summed E-state index contributed by atoms with van der Waals surface area (Å²) in [4.78, 5) is 0. The first-order valence-electron chi connectivity index (χ1n) is 5.52. The molecule has 1 saturated carbocycles. The third-order valence-corrected chi connectivity index (χ3v) is 3.58. The molecule has 0 aromatic heterocycles. The molecule has 0 saturated heterocycles. The van der Waals surface area contributed by atoms with Gasteiger partial charge in [0.25, 0.3) is 0 Å². The SMILES string of the molecule is C#CC(OCCCI)C1CCCCC1. The number of hydrogen-bond acceptors (Lipinski definition) is 1. The van der Waals surface area contributed by atoms with Gasteiger partial charge in [0.05, 0.1) is 0 Å². The maximum Gasteiger partial charge on any atom is 0.120 e. The maximum absolute atomic E-state index is 5.73. The topological polar surface area (TPSA) is 9.23 Å². The highest BCUT2D eigenvalue weighted by molar-refractivity contribution is 14.1. The van der Waals surface area contributed by atoms with Crippen molar-refractivity contribution in [1.29, 1.82) is 0 Å². The van der Waals surface area contributed by atoms with E-state index in [0.29, 0.717) is 5.92 Å². The minimum Gasteiger partial charge on any atom is -0.365 e. The van der Waals surface area contributed by atoms with Crippen molar-refractivity contribution in [3.63, 3.8) is 0 Å². The Bertz CT molecular complexity index is 179. The van der Waals surface area contributed by atoms with E-state index in [1.165, 1.54) is 32.1 Å². The minimum absolute atomic E-state index is 0.0817. The Labute approximate surface area is 101 Å². The highest BCUT2D eigenvalue weighted by Gasteiger charge is 2.22. The van der Waals surface area contributed by atoms with Crippen molar-refractivity contribution < 1.29 is 4.74 Å². The van der Waals surface area contributed by atoms with Gasteiger partial charge in [0.15, 0.2) is 0 Å². The van der Waals surface area contributed by atoms with E-state index in [2.05, 4.69) is 28.5 Å². The number of rotatable bonds is 5. The predicted octanol–water partition coefficient (Wildman–Crippen LogP) is 3.41. The number of alkyl halides is 1. The molecule has 1 aliphatic carbocycles. The summed E-state index contributed by atoms with van der Waals surface area (Å²) in [6, 6.07) is 0. The van der Waals surface area contributed by atoms with E-state index in [0.717, 1.165) is 17.5 Å². The third kappa shape index (κ3) is 4.18. The number of ether oxygens (including phenoxy) is 1.